The first kappa shape index (κ1) is 15.3. The van der Waals surface area contributed by atoms with Crippen molar-refractivity contribution in [3.05, 3.63) is 35.1 Å². The van der Waals surface area contributed by atoms with Crippen LogP contribution in [-0.2, 0) is 0 Å². The Labute approximate surface area is 124 Å². The van der Waals surface area contributed by atoms with Gasteiger partial charge in [0.25, 0.3) is 5.91 Å². The highest BCUT2D eigenvalue weighted by Gasteiger charge is 2.34. The van der Waals surface area contributed by atoms with Gasteiger partial charge in [-0.15, -0.1) is 12.4 Å². The van der Waals surface area contributed by atoms with Gasteiger partial charge in [-0.05, 0) is 49.9 Å². The number of hydrogen-bond acceptors (Lipinski definition) is 2. The van der Waals surface area contributed by atoms with Crippen LogP contribution in [-0.4, -0.2) is 36.5 Å². The van der Waals surface area contributed by atoms with Crippen LogP contribution in [0.15, 0.2) is 18.2 Å². The Morgan fingerprint density at radius 3 is 2.95 bits per heavy atom. The van der Waals surface area contributed by atoms with Crippen LogP contribution < -0.4 is 5.32 Å². The van der Waals surface area contributed by atoms with Gasteiger partial charge in [0.2, 0.25) is 0 Å². The molecule has 1 aromatic carbocycles. The predicted molar refractivity (Wildman–Crippen MR) is 78.8 cm³/mol. The molecule has 2 saturated heterocycles. The largest absolute Gasteiger partial charge is 0.338 e. The molecule has 20 heavy (non-hydrogen) atoms. The second kappa shape index (κ2) is 6.10. The number of carbonyl (C=O) groups is 1. The van der Waals surface area contributed by atoms with Crippen molar-refractivity contribution in [1.29, 1.82) is 0 Å². The Morgan fingerprint density at radius 2 is 2.20 bits per heavy atom. The lowest BCUT2D eigenvalue weighted by molar-refractivity contribution is 0.0661. The number of aryl methyl sites for hydroxylation is 1. The summed E-state index contributed by atoms with van der Waals surface area (Å²) in [6, 6.07) is 5.32. The Balaban J connectivity index is 0.00000147. The Bertz CT molecular complexity index is 509. The molecule has 0 aliphatic carbocycles. The zero-order valence-electron chi connectivity index (χ0n) is 11.6. The highest BCUT2D eigenvalue weighted by Crippen LogP contribution is 2.25. The van der Waals surface area contributed by atoms with Crippen molar-refractivity contribution in [3.8, 4) is 0 Å². The first-order valence-electron chi connectivity index (χ1n) is 6.94. The average molecular weight is 299 g/mol. The van der Waals surface area contributed by atoms with Crippen LogP contribution in [0.2, 0.25) is 0 Å². The Morgan fingerprint density at radius 1 is 1.40 bits per heavy atom. The van der Waals surface area contributed by atoms with Crippen LogP contribution in [0.4, 0.5) is 4.39 Å². The molecule has 0 spiro atoms. The molecule has 2 atom stereocenters. The van der Waals surface area contributed by atoms with Crippen molar-refractivity contribution >= 4 is 18.3 Å². The highest BCUT2D eigenvalue weighted by atomic mass is 35.5. The molecule has 3 nitrogen and oxygen atoms in total. The summed E-state index contributed by atoms with van der Waals surface area (Å²) in [5.74, 6) is 0.223. The molecular formula is C15H20ClFN2O. The third kappa shape index (κ3) is 2.81. The summed E-state index contributed by atoms with van der Waals surface area (Å²) < 4.78 is 13.5. The number of halogens is 2. The minimum Gasteiger partial charge on any atom is -0.338 e. The summed E-state index contributed by atoms with van der Waals surface area (Å²) in [5, 5.41) is 3.48. The van der Waals surface area contributed by atoms with E-state index in [2.05, 4.69) is 5.32 Å². The van der Waals surface area contributed by atoms with Gasteiger partial charge in [0, 0.05) is 24.7 Å². The minimum absolute atomic E-state index is 0. The third-order valence-electron chi connectivity index (χ3n) is 4.36. The average Bonchev–Trinajstić information content (AvgIpc) is 2.88. The fourth-order valence-corrected chi connectivity index (χ4v) is 3.14. The van der Waals surface area contributed by atoms with Gasteiger partial charge in [0.05, 0.1) is 0 Å². The summed E-state index contributed by atoms with van der Waals surface area (Å²) in [5.41, 5.74) is 1.04. The summed E-state index contributed by atoms with van der Waals surface area (Å²) >= 11 is 0. The molecule has 1 amide bonds. The Kier molecular flexibility index (Phi) is 4.66. The topological polar surface area (TPSA) is 32.3 Å². The molecule has 2 aliphatic heterocycles. The summed E-state index contributed by atoms with van der Waals surface area (Å²) in [4.78, 5) is 14.3. The first-order valence-corrected chi connectivity index (χ1v) is 6.94. The summed E-state index contributed by atoms with van der Waals surface area (Å²) in [7, 11) is 0. The normalized spacial score (nSPS) is 25.0. The Hall–Kier alpha value is -1.13. The van der Waals surface area contributed by atoms with Gasteiger partial charge in [-0.25, -0.2) is 4.39 Å². The van der Waals surface area contributed by atoms with Gasteiger partial charge < -0.3 is 10.2 Å². The number of rotatable bonds is 1. The first-order chi connectivity index (χ1) is 9.15. The van der Waals surface area contributed by atoms with E-state index in [0.717, 1.165) is 32.5 Å². The third-order valence-corrected chi connectivity index (χ3v) is 4.36. The van der Waals surface area contributed by atoms with E-state index in [1.165, 1.54) is 6.07 Å². The molecule has 2 fully saturated rings. The predicted octanol–water partition coefficient (Wildman–Crippen LogP) is 2.38. The van der Waals surface area contributed by atoms with E-state index in [4.69, 9.17) is 0 Å². The quantitative estimate of drug-likeness (QED) is 0.863. The van der Waals surface area contributed by atoms with Gasteiger partial charge in [0.1, 0.15) is 5.82 Å². The number of amides is 1. The molecule has 1 N–H and O–H groups in total. The molecule has 0 saturated carbocycles. The van der Waals surface area contributed by atoms with Gasteiger partial charge in [-0.2, -0.15) is 0 Å². The maximum Gasteiger partial charge on any atom is 0.253 e. The fraction of sp³-hybridized carbons (Fsp3) is 0.533. The van der Waals surface area contributed by atoms with Crippen LogP contribution in [0.5, 0.6) is 0 Å². The van der Waals surface area contributed by atoms with Crippen molar-refractivity contribution < 1.29 is 9.18 Å². The lowest BCUT2D eigenvalue weighted by Crippen LogP contribution is -2.46. The maximum atomic E-state index is 13.5. The van der Waals surface area contributed by atoms with E-state index in [1.807, 2.05) is 4.90 Å². The van der Waals surface area contributed by atoms with Crippen LogP contribution in [0.3, 0.4) is 0 Å². The maximum absolute atomic E-state index is 13.5. The van der Waals surface area contributed by atoms with Gasteiger partial charge in [-0.3, -0.25) is 4.79 Å². The molecule has 2 unspecified atom stereocenters. The molecule has 1 aromatic rings. The van der Waals surface area contributed by atoms with Gasteiger partial charge >= 0.3 is 0 Å². The highest BCUT2D eigenvalue weighted by molar-refractivity contribution is 5.94. The molecule has 3 rings (SSSR count). The van der Waals surface area contributed by atoms with E-state index in [1.54, 1.807) is 19.1 Å². The summed E-state index contributed by atoms with van der Waals surface area (Å²) in [6.07, 6.45) is 2.14. The second-order valence-corrected chi connectivity index (χ2v) is 5.61. The zero-order valence-corrected chi connectivity index (χ0v) is 12.4. The van der Waals surface area contributed by atoms with Gasteiger partial charge in [0.15, 0.2) is 0 Å². The van der Waals surface area contributed by atoms with E-state index < -0.39 is 0 Å². The van der Waals surface area contributed by atoms with E-state index in [9.17, 15) is 9.18 Å². The van der Waals surface area contributed by atoms with Crippen molar-refractivity contribution in [2.45, 2.75) is 25.8 Å². The standard InChI is InChI=1S/C15H19FN2O.ClH/c1-10-2-3-11(8-13(10)16)15(19)18-7-5-14-12(9-18)4-6-17-14;/h2-3,8,12,14,17H,4-7,9H2,1H3;1H. The van der Waals surface area contributed by atoms with Crippen molar-refractivity contribution in [3.63, 3.8) is 0 Å². The van der Waals surface area contributed by atoms with Gasteiger partial charge in [-0.1, -0.05) is 6.07 Å². The molecule has 0 aromatic heterocycles. The van der Waals surface area contributed by atoms with Crippen LogP contribution in [0.1, 0.15) is 28.8 Å². The minimum atomic E-state index is -0.303. The molecule has 0 radical (unpaired) electrons. The molecule has 5 heteroatoms. The molecule has 2 heterocycles. The molecule has 110 valence electrons. The van der Waals surface area contributed by atoms with Crippen LogP contribution in [0.25, 0.3) is 0 Å². The molecular weight excluding hydrogens is 279 g/mol. The van der Waals surface area contributed by atoms with Crippen LogP contribution >= 0.6 is 12.4 Å². The summed E-state index contributed by atoms with van der Waals surface area (Å²) in [6.45, 7) is 4.32. The number of hydrogen-bond donors (Lipinski definition) is 1. The number of fused-ring (bicyclic) bond motifs is 1. The lowest BCUT2D eigenvalue weighted by Gasteiger charge is -2.35. The fourth-order valence-electron chi connectivity index (χ4n) is 3.14. The van der Waals surface area contributed by atoms with E-state index >= 15 is 0 Å². The number of carbonyl (C=O) groups excluding carboxylic acids is 1. The monoisotopic (exact) mass is 298 g/mol. The number of benzene rings is 1. The van der Waals surface area contributed by atoms with Crippen molar-refractivity contribution in [1.82, 2.24) is 10.2 Å². The lowest BCUT2D eigenvalue weighted by atomic mass is 9.93. The SMILES string of the molecule is Cc1ccc(C(=O)N2CCC3NCCC3C2)cc1F.Cl. The van der Waals surface area contributed by atoms with Crippen molar-refractivity contribution in [2.24, 2.45) is 5.92 Å². The van der Waals surface area contributed by atoms with Crippen molar-refractivity contribution in [2.75, 3.05) is 19.6 Å². The number of nitrogens with zero attached hydrogens (tertiary/aromatic N) is 1. The second-order valence-electron chi connectivity index (χ2n) is 5.61. The van der Waals surface area contributed by atoms with E-state index in [-0.39, 0.29) is 24.1 Å². The number of piperidine rings is 1. The zero-order chi connectivity index (χ0) is 13.4. The number of nitrogens with one attached hydrogen (secondary N) is 1. The number of likely N-dealkylation sites (tertiary alicyclic amines) is 1. The molecule has 2 aliphatic rings. The van der Waals surface area contributed by atoms with E-state index in [0.29, 0.717) is 23.1 Å². The molecule has 0 bridgehead atoms. The van der Waals surface area contributed by atoms with Crippen LogP contribution in [0, 0.1) is 18.7 Å². The smallest absolute Gasteiger partial charge is 0.253 e.